The molecule has 3 aromatic rings. The summed E-state index contributed by atoms with van der Waals surface area (Å²) in [6.45, 7) is 1.84. The first-order valence-corrected chi connectivity index (χ1v) is 12.7. The summed E-state index contributed by atoms with van der Waals surface area (Å²) < 4.78 is 0. The highest BCUT2D eigenvalue weighted by atomic mass is 16.4. The summed E-state index contributed by atoms with van der Waals surface area (Å²) in [5, 5.41) is 15.8. The van der Waals surface area contributed by atoms with Gasteiger partial charge in [-0.1, -0.05) is 48.5 Å². The number of aromatic nitrogens is 1. The number of nitrogens with one attached hydrogen (secondary N) is 3. The lowest BCUT2D eigenvalue weighted by molar-refractivity contribution is -0.149. The maximum absolute atomic E-state index is 13.3. The predicted molar refractivity (Wildman–Crippen MR) is 142 cm³/mol. The van der Waals surface area contributed by atoms with E-state index in [0.717, 1.165) is 22.0 Å². The molecule has 38 heavy (non-hydrogen) atoms. The maximum atomic E-state index is 13.3. The minimum Gasteiger partial charge on any atom is -0.480 e. The second-order valence-electron chi connectivity index (χ2n) is 9.68. The van der Waals surface area contributed by atoms with Gasteiger partial charge in [0.1, 0.15) is 18.1 Å². The molecule has 0 spiro atoms. The van der Waals surface area contributed by atoms with Gasteiger partial charge in [0.2, 0.25) is 17.7 Å². The summed E-state index contributed by atoms with van der Waals surface area (Å²) in [7, 11) is 0. The Labute approximate surface area is 220 Å². The van der Waals surface area contributed by atoms with Crippen LogP contribution < -0.4 is 16.4 Å². The molecule has 1 aliphatic rings. The molecule has 4 unspecified atom stereocenters. The van der Waals surface area contributed by atoms with Crippen LogP contribution in [-0.2, 0) is 32.0 Å². The average Bonchev–Trinajstić information content (AvgIpc) is 3.56. The Kier molecular flexibility index (Phi) is 8.42. The van der Waals surface area contributed by atoms with E-state index in [9.17, 15) is 24.3 Å². The first-order valence-electron chi connectivity index (χ1n) is 12.7. The highest BCUT2D eigenvalue weighted by Crippen LogP contribution is 2.20. The molecule has 4 rings (SSSR count). The summed E-state index contributed by atoms with van der Waals surface area (Å²) in [6, 6.07) is 13.2. The molecular weight excluding hydrogens is 486 g/mol. The molecule has 3 amide bonds. The molecule has 0 bridgehead atoms. The molecule has 1 fully saturated rings. The summed E-state index contributed by atoms with van der Waals surface area (Å²) in [4.78, 5) is 55.3. The summed E-state index contributed by atoms with van der Waals surface area (Å²) >= 11 is 0. The maximum Gasteiger partial charge on any atom is 0.326 e. The molecule has 1 aromatic heterocycles. The Morgan fingerprint density at radius 1 is 1.03 bits per heavy atom. The molecule has 4 atom stereocenters. The minimum absolute atomic E-state index is 0.195. The number of amides is 3. The van der Waals surface area contributed by atoms with Gasteiger partial charge in [0.15, 0.2) is 0 Å². The van der Waals surface area contributed by atoms with Crippen molar-refractivity contribution >= 4 is 34.6 Å². The van der Waals surface area contributed by atoms with Gasteiger partial charge in [0, 0.05) is 30.1 Å². The molecule has 2 aromatic carbocycles. The van der Waals surface area contributed by atoms with Crippen molar-refractivity contribution < 1.29 is 24.3 Å². The summed E-state index contributed by atoms with van der Waals surface area (Å²) in [5.74, 6) is -2.57. The summed E-state index contributed by atoms with van der Waals surface area (Å²) in [6.07, 6.45) is 3.26. The van der Waals surface area contributed by atoms with Crippen molar-refractivity contribution in [2.45, 2.75) is 56.8 Å². The number of carboxylic acids is 1. The van der Waals surface area contributed by atoms with Gasteiger partial charge in [-0.2, -0.15) is 0 Å². The van der Waals surface area contributed by atoms with E-state index in [1.807, 2.05) is 60.8 Å². The van der Waals surface area contributed by atoms with E-state index < -0.39 is 47.9 Å². The first-order chi connectivity index (χ1) is 18.2. The van der Waals surface area contributed by atoms with Gasteiger partial charge in [-0.15, -0.1) is 0 Å². The number of aromatic amines is 1. The van der Waals surface area contributed by atoms with Gasteiger partial charge in [-0.25, -0.2) is 4.79 Å². The van der Waals surface area contributed by atoms with E-state index in [4.69, 9.17) is 5.73 Å². The van der Waals surface area contributed by atoms with E-state index in [1.165, 1.54) is 11.8 Å². The molecule has 6 N–H and O–H groups in total. The van der Waals surface area contributed by atoms with Gasteiger partial charge in [0.05, 0.1) is 6.04 Å². The number of carboxylic acid groups (broad SMARTS) is 1. The van der Waals surface area contributed by atoms with E-state index >= 15 is 0 Å². The van der Waals surface area contributed by atoms with Crippen LogP contribution in [0.15, 0.2) is 60.8 Å². The van der Waals surface area contributed by atoms with Gasteiger partial charge in [-0.3, -0.25) is 14.4 Å². The topological polar surface area (TPSA) is 158 Å². The number of para-hydroxylation sites is 1. The molecular formula is C28H33N5O5. The van der Waals surface area contributed by atoms with Gasteiger partial charge >= 0.3 is 5.97 Å². The Balaban J connectivity index is 1.44. The minimum atomic E-state index is -1.06. The molecule has 200 valence electrons. The molecule has 0 radical (unpaired) electrons. The zero-order valence-corrected chi connectivity index (χ0v) is 21.2. The van der Waals surface area contributed by atoms with Crippen molar-refractivity contribution in [2.24, 2.45) is 5.73 Å². The number of benzene rings is 2. The van der Waals surface area contributed by atoms with Crippen molar-refractivity contribution in [3.05, 3.63) is 71.9 Å². The molecule has 2 heterocycles. The zero-order chi connectivity index (χ0) is 27.2. The fraction of sp³-hybridized carbons (Fsp3) is 0.357. The molecule has 10 heteroatoms. The SMILES string of the molecule is CC(NC(=O)C(Cc1ccccc1)NC(=O)C(N)Cc1c[nH]c2ccccc12)C(=O)N1CCCC1C(=O)O. The van der Waals surface area contributed by atoms with Crippen molar-refractivity contribution in [3.63, 3.8) is 0 Å². The first kappa shape index (κ1) is 26.9. The quantitative estimate of drug-likeness (QED) is 0.272. The predicted octanol–water partition coefficient (Wildman–Crippen LogP) is 1.35. The van der Waals surface area contributed by atoms with Crippen molar-refractivity contribution in [1.29, 1.82) is 0 Å². The van der Waals surface area contributed by atoms with Crippen LogP contribution in [-0.4, -0.2) is 69.4 Å². The smallest absolute Gasteiger partial charge is 0.326 e. The van der Waals surface area contributed by atoms with Crippen molar-refractivity contribution in [1.82, 2.24) is 20.5 Å². The van der Waals surface area contributed by atoms with Gasteiger partial charge < -0.3 is 31.4 Å². The number of aliphatic carboxylic acids is 1. The second kappa shape index (κ2) is 11.9. The lowest BCUT2D eigenvalue weighted by Gasteiger charge is -2.27. The van der Waals surface area contributed by atoms with Gasteiger partial charge in [0.25, 0.3) is 0 Å². The van der Waals surface area contributed by atoms with Crippen molar-refractivity contribution in [2.75, 3.05) is 6.54 Å². The fourth-order valence-corrected chi connectivity index (χ4v) is 4.88. The van der Waals surface area contributed by atoms with Crippen LogP contribution in [0.1, 0.15) is 30.9 Å². The standard InChI is InChI=1S/C28H33N5O5/c1-17(27(36)33-13-7-12-24(33)28(37)38)31-26(35)23(14-18-8-3-2-4-9-18)32-25(34)21(29)15-19-16-30-22-11-6-5-10-20(19)22/h2-6,8-11,16-17,21,23-24,30H,7,12-15,29H2,1H3,(H,31,35)(H,32,34)(H,37,38). The number of carbonyl (C=O) groups is 4. The highest BCUT2D eigenvalue weighted by Gasteiger charge is 2.37. The number of H-pyrrole nitrogens is 1. The number of carbonyl (C=O) groups excluding carboxylic acids is 3. The third-order valence-electron chi connectivity index (χ3n) is 6.92. The fourth-order valence-electron chi connectivity index (χ4n) is 4.88. The number of fused-ring (bicyclic) bond motifs is 1. The number of likely N-dealkylation sites (tertiary alicyclic amines) is 1. The highest BCUT2D eigenvalue weighted by molar-refractivity contribution is 5.94. The molecule has 1 aliphatic heterocycles. The summed E-state index contributed by atoms with van der Waals surface area (Å²) in [5.41, 5.74) is 8.90. The van der Waals surface area contributed by atoms with Crippen LogP contribution >= 0.6 is 0 Å². The number of nitrogens with zero attached hydrogens (tertiary/aromatic N) is 1. The largest absolute Gasteiger partial charge is 0.480 e. The molecule has 0 aliphatic carbocycles. The monoisotopic (exact) mass is 519 g/mol. The van der Waals surface area contributed by atoms with Crippen LogP contribution in [0.5, 0.6) is 0 Å². The Morgan fingerprint density at radius 3 is 2.47 bits per heavy atom. The van der Waals surface area contributed by atoms with Crippen LogP contribution in [0.3, 0.4) is 0 Å². The van der Waals surface area contributed by atoms with Crippen LogP contribution in [0, 0.1) is 0 Å². The lowest BCUT2D eigenvalue weighted by atomic mass is 10.0. The third-order valence-corrected chi connectivity index (χ3v) is 6.92. The number of hydrogen-bond acceptors (Lipinski definition) is 5. The van der Waals surface area contributed by atoms with Crippen LogP contribution in [0.2, 0.25) is 0 Å². The second-order valence-corrected chi connectivity index (χ2v) is 9.68. The van der Waals surface area contributed by atoms with Gasteiger partial charge in [-0.05, 0) is 43.4 Å². The Bertz CT molecular complexity index is 1310. The Morgan fingerprint density at radius 2 is 1.74 bits per heavy atom. The number of rotatable bonds is 10. The van der Waals surface area contributed by atoms with E-state index in [1.54, 1.807) is 0 Å². The molecule has 10 nitrogen and oxygen atoms in total. The van der Waals surface area contributed by atoms with E-state index in [2.05, 4.69) is 15.6 Å². The lowest BCUT2D eigenvalue weighted by Crippen LogP contribution is -2.57. The number of nitrogens with two attached hydrogens (primary N) is 1. The van der Waals surface area contributed by atoms with E-state index in [0.29, 0.717) is 19.4 Å². The average molecular weight is 520 g/mol. The normalized spacial score (nSPS) is 17.5. The Hall–Kier alpha value is -4.18. The van der Waals surface area contributed by atoms with E-state index in [-0.39, 0.29) is 12.8 Å². The molecule has 0 saturated carbocycles. The molecule has 1 saturated heterocycles. The van der Waals surface area contributed by atoms with Crippen molar-refractivity contribution in [3.8, 4) is 0 Å². The third kappa shape index (κ3) is 6.20. The van der Waals surface area contributed by atoms with Crippen LogP contribution in [0.25, 0.3) is 10.9 Å². The van der Waals surface area contributed by atoms with Crippen LogP contribution in [0.4, 0.5) is 0 Å². The number of hydrogen-bond donors (Lipinski definition) is 5. The zero-order valence-electron chi connectivity index (χ0n) is 21.2.